The lowest BCUT2D eigenvalue weighted by atomic mass is 10.0. The number of hydrogen-bond donors (Lipinski definition) is 0. The molecule has 3 nitrogen and oxygen atoms in total. The fraction of sp³-hybridized carbons (Fsp3) is 0.700. The summed E-state index contributed by atoms with van der Waals surface area (Å²) in [5, 5.41) is 0.836. The first-order valence-corrected chi connectivity index (χ1v) is 9.96. The predicted molar refractivity (Wildman–Crippen MR) is 104 cm³/mol. The Morgan fingerprint density at radius 1 is 1.12 bits per heavy atom. The van der Waals surface area contributed by atoms with E-state index in [9.17, 15) is 0 Å². The Morgan fingerprint density at radius 3 is 2.62 bits per heavy atom. The number of rotatable bonds is 5. The van der Waals surface area contributed by atoms with Crippen molar-refractivity contribution in [2.75, 3.05) is 50.7 Å². The van der Waals surface area contributed by atoms with Gasteiger partial charge in [-0.3, -0.25) is 4.90 Å². The quantitative estimate of drug-likeness (QED) is 0.796. The van der Waals surface area contributed by atoms with Gasteiger partial charge in [0.05, 0.1) is 0 Å². The zero-order valence-corrected chi connectivity index (χ0v) is 16.0. The molecule has 1 aromatic rings. The Morgan fingerprint density at radius 2 is 1.92 bits per heavy atom. The lowest BCUT2D eigenvalue weighted by Crippen LogP contribution is -2.55. The largest absolute Gasteiger partial charge is 0.369 e. The van der Waals surface area contributed by atoms with Gasteiger partial charge in [-0.25, -0.2) is 0 Å². The van der Waals surface area contributed by atoms with E-state index in [1.165, 1.54) is 57.7 Å². The first-order valence-electron chi connectivity index (χ1n) is 9.59. The molecule has 24 heavy (non-hydrogen) atoms. The van der Waals surface area contributed by atoms with Crippen LogP contribution in [0.2, 0.25) is 5.02 Å². The first-order chi connectivity index (χ1) is 11.6. The average molecular weight is 350 g/mol. The van der Waals surface area contributed by atoms with Crippen LogP contribution < -0.4 is 4.90 Å². The van der Waals surface area contributed by atoms with E-state index in [2.05, 4.69) is 46.7 Å². The van der Waals surface area contributed by atoms with Gasteiger partial charge in [0.1, 0.15) is 0 Å². The number of anilines is 1. The summed E-state index contributed by atoms with van der Waals surface area (Å²) in [4.78, 5) is 7.89. The van der Waals surface area contributed by atoms with Crippen LogP contribution in [0.3, 0.4) is 0 Å². The first kappa shape index (κ1) is 18.0. The molecule has 0 bridgehead atoms. The number of piperidine rings is 1. The topological polar surface area (TPSA) is 9.72 Å². The Bertz CT molecular complexity index is 511. The zero-order chi connectivity index (χ0) is 16.9. The lowest BCUT2D eigenvalue weighted by Gasteiger charge is -2.44. The molecule has 0 amide bonds. The summed E-state index contributed by atoms with van der Waals surface area (Å²) in [7, 11) is 0. The highest BCUT2D eigenvalue weighted by molar-refractivity contribution is 6.30. The summed E-state index contributed by atoms with van der Waals surface area (Å²) in [6.45, 7) is 13.1. The van der Waals surface area contributed by atoms with Crippen LogP contribution in [-0.2, 0) is 0 Å². The lowest BCUT2D eigenvalue weighted by molar-refractivity contribution is 0.0900. The number of piperazine rings is 1. The smallest absolute Gasteiger partial charge is 0.0426 e. The molecular formula is C20H32ClN3. The highest BCUT2D eigenvalue weighted by Gasteiger charge is 2.28. The maximum Gasteiger partial charge on any atom is 0.0426 e. The van der Waals surface area contributed by atoms with Gasteiger partial charge in [0.2, 0.25) is 0 Å². The summed E-state index contributed by atoms with van der Waals surface area (Å²) >= 11 is 6.14. The SMILES string of the molecule is CC(C)CCN1CCCC(N2CCN(c3cccc(Cl)c3)CC2)C1. The molecule has 1 unspecified atom stereocenters. The van der Waals surface area contributed by atoms with Gasteiger partial charge in [0.15, 0.2) is 0 Å². The average Bonchev–Trinajstić information content (AvgIpc) is 2.60. The molecule has 1 aromatic carbocycles. The van der Waals surface area contributed by atoms with Gasteiger partial charge < -0.3 is 9.80 Å². The maximum atomic E-state index is 6.14. The molecule has 2 heterocycles. The van der Waals surface area contributed by atoms with Crippen LogP contribution in [0, 0.1) is 5.92 Å². The molecule has 4 heteroatoms. The second-order valence-corrected chi connectivity index (χ2v) is 8.22. The molecular weight excluding hydrogens is 318 g/mol. The molecule has 0 radical (unpaired) electrons. The second-order valence-electron chi connectivity index (χ2n) is 7.78. The Hall–Kier alpha value is -0.770. The number of likely N-dealkylation sites (tertiary alicyclic amines) is 1. The van der Waals surface area contributed by atoms with Gasteiger partial charge in [0.25, 0.3) is 0 Å². The van der Waals surface area contributed by atoms with Crippen LogP contribution in [0.1, 0.15) is 33.1 Å². The second kappa shape index (κ2) is 8.55. The number of hydrogen-bond acceptors (Lipinski definition) is 3. The van der Waals surface area contributed by atoms with Crippen molar-refractivity contribution in [1.29, 1.82) is 0 Å². The third-order valence-electron chi connectivity index (χ3n) is 5.51. The van der Waals surface area contributed by atoms with E-state index in [0.29, 0.717) is 0 Å². The normalized spacial score (nSPS) is 23.8. The van der Waals surface area contributed by atoms with Gasteiger partial charge in [-0.15, -0.1) is 0 Å². The van der Waals surface area contributed by atoms with E-state index in [1.807, 2.05) is 6.07 Å². The fourth-order valence-electron chi connectivity index (χ4n) is 3.99. The van der Waals surface area contributed by atoms with Gasteiger partial charge in [-0.05, 0) is 56.5 Å². The highest BCUT2D eigenvalue weighted by Crippen LogP contribution is 2.23. The maximum absolute atomic E-state index is 6.14. The van der Waals surface area contributed by atoms with Crippen molar-refractivity contribution in [3.8, 4) is 0 Å². The van der Waals surface area contributed by atoms with Gasteiger partial charge in [-0.1, -0.05) is 31.5 Å². The molecule has 134 valence electrons. The number of halogens is 1. The molecule has 2 aliphatic rings. The van der Waals surface area contributed by atoms with Crippen LogP contribution in [0.5, 0.6) is 0 Å². The number of nitrogens with zero attached hydrogens (tertiary/aromatic N) is 3. The minimum atomic E-state index is 0.757. The summed E-state index contributed by atoms with van der Waals surface area (Å²) < 4.78 is 0. The van der Waals surface area contributed by atoms with Crippen LogP contribution in [0.4, 0.5) is 5.69 Å². The molecule has 2 aliphatic heterocycles. The summed E-state index contributed by atoms with van der Waals surface area (Å²) in [6, 6.07) is 9.03. The van der Waals surface area contributed by atoms with Crippen molar-refractivity contribution < 1.29 is 0 Å². The van der Waals surface area contributed by atoms with Crippen molar-refractivity contribution in [1.82, 2.24) is 9.80 Å². The van der Waals surface area contributed by atoms with Crippen LogP contribution >= 0.6 is 11.6 Å². The van der Waals surface area contributed by atoms with E-state index in [-0.39, 0.29) is 0 Å². The summed E-state index contributed by atoms with van der Waals surface area (Å²) in [5.74, 6) is 0.812. The van der Waals surface area contributed by atoms with Crippen molar-refractivity contribution >= 4 is 17.3 Å². The molecule has 0 spiro atoms. The van der Waals surface area contributed by atoms with E-state index >= 15 is 0 Å². The minimum Gasteiger partial charge on any atom is -0.369 e. The number of benzene rings is 1. The van der Waals surface area contributed by atoms with Crippen LogP contribution in [0.15, 0.2) is 24.3 Å². The molecule has 0 aliphatic carbocycles. The summed E-state index contributed by atoms with van der Waals surface area (Å²) in [5.41, 5.74) is 1.27. The monoisotopic (exact) mass is 349 g/mol. The molecule has 3 rings (SSSR count). The third-order valence-corrected chi connectivity index (χ3v) is 5.74. The van der Waals surface area contributed by atoms with Crippen molar-refractivity contribution in [3.63, 3.8) is 0 Å². The van der Waals surface area contributed by atoms with E-state index in [4.69, 9.17) is 11.6 Å². The molecule has 0 saturated carbocycles. The van der Waals surface area contributed by atoms with Crippen molar-refractivity contribution in [3.05, 3.63) is 29.3 Å². The van der Waals surface area contributed by atoms with Crippen molar-refractivity contribution in [2.24, 2.45) is 5.92 Å². The fourth-order valence-corrected chi connectivity index (χ4v) is 4.18. The zero-order valence-electron chi connectivity index (χ0n) is 15.3. The van der Waals surface area contributed by atoms with Gasteiger partial charge in [0, 0.05) is 49.5 Å². The molecule has 1 atom stereocenters. The van der Waals surface area contributed by atoms with Gasteiger partial charge >= 0.3 is 0 Å². The van der Waals surface area contributed by atoms with Crippen molar-refractivity contribution in [2.45, 2.75) is 39.2 Å². The molecule has 2 saturated heterocycles. The standard InChI is InChI=1S/C20H32ClN3/c1-17(2)8-10-22-9-4-7-20(16-22)24-13-11-23(12-14-24)19-6-3-5-18(21)15-19/h3,5-6,15,17,20H,4,7-14,16H2,1-2H3. The van der Waals surface area contributed by atoms with Gasteiger partial charge in [-0.2, -0.15) is 0 Å². The van der Waals surface area contributed by atoms with E-state index in [1.54, 1.807) is 0 Å². The Kier molecular flexibility index (Phi) is 6.43. The molecule has 0 aromatic heterocycles. The highest BCUT2D eigenvalue weighted by atomic mass is 35.5. The third kappa shape index (κ3) is 4.87. The Labute approximate surface area is 152 Å². The van der Waals surface area contributed by atoms with E-state index < -0.39 is 0 Å². The molecule has 0 N–H and O–H groups in total. The van der Waals surface area contributed by atoms with E-state index in [0.717, 1.165) is 30.1 Å². The van der Waals surface area contributed by atoms with Crippen LogP contribution in [0.25, 0.3) is 0 Å². The Balaban J connectivity index is 1.49. The minimum absolute atomic E-state index is 0.757. The molecule has 2 fully saturated rings. The predicted octanol–water partition coefficient (Wildman–Crippen LogP) is 3.97. The van der Waals surface area contributed by atoms with Crippen LogP contribution in [-0.4, -0.2) is 61.7 Å². The summed E-state index contributed by atoms with van der Waals surface area (Å²) in [6.07, 6.45) is 4.06.